The first-order chi connectivity index (χ1) is 12.7. The Morgan fingerprint density at radius 2 is 1.78 bits per heavy atom. The zero-order chi connectivity index (χ0) is 20.0. The number of nitrogens with one attached hydrogen (secondary N) is 1. The fraction of sp³-hybridized carbons (Fsp3) is 0.263. The number of carbonyl (C=O) groups excluding carboxylic acids is 2. The molecule has 27 heavy (non-hydrogen) atoms. The first kappa shape index (κ1) is 20.4. The summed E-state index contributed by atoms with van der Waals surface area (Å²) in [5.41, 5.74) is 1.24. The van der Waals surface area contributed by atoms with Crippen molar-refractivity contribution in [1.82, 2.24) is 0 Å². The largest absolute Gasteiger partial charge is 0.494 e. The molecular weight excluding hydrogens is 368 g/mol. The maximum Gasteiger partial charge on any atom is 0.245 e. The first-order valence-corrected chi connectivity index (χ1v) is 10.2. The van der Waals surface area contributed by atoms with E-state index in [1.165, 1.54) is 6.92 Å². The Labute approximate surface area is 159 Å². The van der Waals surface area contributed by atoms with Crippen molar-refractivity contribution < 1.29 is 22.7 Å². The van der Waals surface area contributed by atoms with Crippen LogP contribution >= 0.6 is 0 Å². The molecule has 0 heterocycles. The summed E-state index contributed by atoms with van der Waals surface area (Å²) in [6.45, 7) is 3.38. The van der Waals surface area contributed by atoms with Crippen LogP contribution in [0.2, 0.25) is 0 Å². The third-order valence-electron chi connectivity index (χ3n) is 3.68. The summed E-state index contributed by atoms with van der Waals surface area (Å²) in [6, 6.07) is 12.9. The second-order valence-electron chi connectivity index (χ2n) is 5.88. The number of ketones is 1. The highest BCUT2D eigenvalue weighted by Gasteiger charge is 2.21. The maximum absolute atomic E-state index is 12.4. The lowest BCUT2D eigenvalue weighted by molar-refractivity contribution is -0.114. The lowest BCUT2D eigenvalue weighted by Gasteiger charge is -2.22. The summed E-state index contributed by atoms with van der Waals surface area (Å²) >= 11 is 0. The number of hydrogen-bond donors (Lipinski definition) is 1. The topological polar surface area (TPSA) is 92.8 Å². The van der Waals surface area contributed by atoms with Gasteiger partial charge in [-0.05, 0) is 50.2 Å². The number of amides is 1. The van der Waals surface area contributed by atoms with Gasteiger partial charge in [-0.3, -0.25) is 13.9 Å². The van der Waals surface area contributed by atoms with Crippen molar-refractivity contribution in [2.75, 3.05) is 29.0 Å². The molecule has 0 spiro atoms. The number of hydrogen-bond acceptors (Lipinski definition) is 5. The van der Waals surface area contributed by atoms with Crippen LogP contribution in [0, 0.1) is 0 Å². The van der Waals surface area contributed by atoms with Gasteiger partial charge in [0.25, 0.3) is 0 Å². The third-order valence-corrected chi connectivity index (χ3v) is 4.82. The molecule has 0 aliphatic carbocycles. The molecule has 0 atom stereocenters. The molecule has 0 aliphatic rings. The molecule has 2 rings (SSSR count). The van der Waals surface area contributed by atoms with Crippen LogP contribution in [0.3, 0.4) is 0 Å². The Morgan fingerprint density at radius 3 is 2.33 bits per heavy atom. The number of sulfonamides is 1. The lowest BCUT2D eigenvalue weighted by Crippen LogP contribution is -2.37. The van der Waals surface area contributed by atoms with Gasteiger partial charge in [-0.1, -0.05) is 12.1 Å². The fourth-order valence-electron chi connectivity index (χ4n) is 2.42. The summed E-state index contributed by atoms with van der Waals surface area (Å²) in [5.74, 6) is -0.0338. The smallest absolute Gasteiger partial charge is 0.245 e. The van der Waals surface area contributed by atoms with Crippen LogP contribution in [0.5, 0.6) is 5.75 Å². The SMILES string of the molecule is CCOc1ccc(N(CC(=O)Nc2cccc(C(C)=O)c2)S(C)(=O)=O)cc1. The third kappa shape index (κ3) is 5.82. The number of carbonyl (C=O) groups is 2. The Hall–Kier alpha value is -2.87. The minimum Gasteiger partial charge on any atom is -0.494 e. The van der Waals surface area contributed by atoms with Gasteiger partial charge in [0.2, 0.25) is 15.9 Å². The van der Waals surface area contributed by atoms with E-state index in [-0.39, 0.29) is 5.78 Å². The molecule has 0 aromatic heterocycles. The fourth-order valence-corrected chi connectivity index (χ4v) is 3.28. The summed E-state index contributed by atoms with van der Waals surface area (Å²) < 4.78 is 30.6. The maximum atomic E-state index is 12.4. The van der Waals surface area contributed by atoms with Crippen LogP contribution in [-0.2, 0) is 14.8 Å². The standard InChI is InChI=1S/C19H22N2O5S/c1-4-26-18-10-8-17(9-11-18)21(27(3,24)25)13-19(23)20-16-7-5-6-15(12-16)14(2)22/h5-12H,4,13H2,1-3H3,(H,20,23). The van der Waals surface area contributed by atoms with Crippen molar-refractivity contribution in [3.05, 3.63) is 54.1 Å². The highest BCUT2D eigenvalue weighted by atomic mass is 32.2. The molecule has 0 unspecified atom stereocenters. The van der Waals surface area contributed by atoms with Gasteiger partial charge in [0.1, 0.15) is 12.3 Å². The van der Waals surface area contributed by atoms with Crippen LogP contribution in [-0.4, -0.2) is 39.5 Å². The molecule has 2 aromatic rings. The van der Waals surface area contributed by atoms with E-state index in [9.17, 15) is 18.0 Å². The minimum atomic E-state index is -3.67. The van der Waals surface area contributed by atoms with Crippen molar-refractivity contribution in [2.24, 2.45) is 0 Å². The van der Waals surface area contributed by atoms with Crippen molar-refractivity contribution in [1.29, 1.82) is 0 Å². The van der Waals surface area contributed by atoms with Gasteiger partial charge in [-0.15, -0.1) is 0 Å². The molecule has 144 valence electrons. The van der Waals surface area contributed by atoms with E-state index in [1.807, 2.05) is 6.92 Å². The molecule has 0 fully saturated rings. The Balaban J connectivity index is 2.17. The average molecular weight is 390 g/mol. The zero-order valence-electron chi connectivity index (χ0n) is 15.4. The van der Waals surface area contributed by atoms with E-state index in [1.54, 1.807) is 48.5 Å². The molecule has 0 saturated carbocycles. The average Bonchev–Trinajstić information content (AvgIpc) is 2.60. The second kappa shape index (κ2) is 8.68. The predicted octanol–water partition coefficient (Wildman–Crippen LogP) is 2.69. The van der Waals surface area contributed by atoms with Crippen molar-refractivity contribution in [3.8, 4) is 5.75 Å². The number of Topliss-reactive ketones (excluding diaryl/α,β-unsaturated/α-hetero) is 1. The second-order valence-corrected chi connectivity index (χ2v) is 7.79. The van der Waals surface area contributed by atoms with Crippen LogP contribution in [0.25, 0.3) is 0 Å². The van der Waals surface area contributed by atoms with Gasteiger partial charge >= 0.3 is 0 Å². The Kier molecular flexibility index (Phi) is 6.57. The normalized spacial score (nSPS) is 10.9. The van der Waals surface area contributed by atoms with E-state index in [0.29, 0.717) is 29.3 Å². The number of benzene rings is 2. The van der Waals surface area contributed by atoms with Crippen molar-refractivity contribution >= 4 is 33.1 Å². The molecule has 7 nitrogen and oxygen atoms in total. The van der Waals surface area contributed by atoms with Gasteiger partial charge in [-0.2, -0.15) is 0 Å². The molecule has 0 saturated heterocycles. The molecule has 1 amide bonds. The zero-order valence-corrected chi connectivity index (χ0v) is 16.2. The van der Waals surface area contributed by atoms with E-state index >= 15 is 0 Å². The van der Waals surface area contributed by atoms with E-state index < -0.39 is 22.5 Å². The van der Waals surface area contributed by atoms with Crippen molar-refractivity contribution in [2.45, 2.75) is 13.8 Å². The van der Waals surface area contributed by atoms with E-state index in [0.717, 1.165) is 10.6 Å². The molecule has 0 bridgehead atoms. The summed E-state index contributed by atoms with van der Waals surface area (Å²) in [6.07, 6.45) is 1.03. The first-order valence-electron chi connectivity index (χ1n) is 8.32. The number of rotatable bonds is 8. The Bertz CT molecular complexity index is 923. The molecule has 2 aromatic carbocycles. The molecule has 8 heteroatoms. The number of nitrogens with zero attached hydrogens (tertiary/aromatic N) is 1. The van der Waals surface area contributed by atoms with E-state index in [4.69, 9.17) is 4.74 Å². The predicted molar refractivity (Wildman–Crippen MR) is 105 cm³/mol. The van der Waals surface area contributed by atoms with E-state index in [2.05, 4.69) is 5.32 Å². The minimum absolute atomic E-state index is 0.127. The van der Waals surface area contributed by atoms with Gasteiger partial charge in [-0.25, -0.2) is 8.42 Å². The Morgan fingerprint density at radius 1 is 1.11 bits per heavy atom. The van der Waals surface area contributed by atoms with Gasteiger partial charge < -0.3 is 10.1 Å². The molecule has 0 aliphatic heterocycles. The molecule has 0 radical (unpaired) electrons. The quantitative estimate of drug-likeness (QED) is 0.700. The van der Waals surface area contributed by atoms with Crippen LogP contribution in [0.15, 0.2) is 48.5 Å². The van der Waals surface area contributed by atoms with Crippen LogP contribution in [0.1, 0.15) is 24.2 Å². The molecule has 1 N–H and O–H groups in total. The number of anilines is 2. The van der Waals surface area contributed by atoms with Crippen molar-refractivity contribution in [3.63, 3.8) is 0 Å². The molecular formula is C19H22N2O5S. The monoisotopic (exact) mass is 390 g/mol. The summed E-state index contributed by atoms with van der Waals surface area (Å²) in [5, 5.41) is 2.62. The van der Waals surface area contributed by atoms with Crippen LogP contribution < -0.4 is 14.4 Å². The van der Waals surface area contributed by atoms with Gasteiger partial charge in [0.05, 0.1) is 18.6 Å². The highest BCUT2D eigenvalue weighted by Crippen LogP contribution is 2.22. The van der Waals surface area contributed by atoms with Gasteiger partial charge in [0.15, 0.2) is 5.78 Å². The number of ether oxygens (including phenoxy) is 1. The van der Waals surface area contributed by atoms with Crippen LogP contribution in [0.4, 0.5) is 11.4 Å². The lowest BCUT2D eigenvalue weighted by atomic mass is 10.1. The highest BCUT2D eigenvalue weighted by molar-refractivity contribution is 7.92. The van der Waals surface area contributed by atoms with Gasteiger partial charge in [0, 0.05) is 11.3 Å². The summed E-state index contributed by atoms with van der Waals surface area (Å²) in [4.78, 5) is 23.8. The summed E-state index contributed by atoms with van der Waals surface area (Å²) in [7, 11) is -3.67.